The molecule has 21 heavy (non-hydrogen) atoms. The molecular weight excluding hydrogens is 286 g/mol. The summed E-state index contributed by atoms with van der Waals surface area (Å²) in [6.45, 7) is 5.46. The fourth-order valence-corrected chi connectivity index (χ4v) is 3.48. The fraction of sp³-hybridized carbons (Fsp3) is 0.500. The van der Waals surface area contributed by atoms with Crippen molar-refractivity contribution in [3.63, 3.8) is 0 Å². The molecule has 6 nitrogen and oxygen atoms in total. The molecule has 0 radical (unpaired) electrons. The third-order valence-corrected chi connectivity index (χ3v) is 4.95. The standard InChI is InChI=1S/C14H19N5OS/c1-8-9(2)21-14(17-8)18-13(20)12-6-15-5-11(12)10-4-16-19(3)7-10/h4,7,11-12,15H,5-6H2,1-3H3,(H,17,18,20)/t11-,12+/m1/s1. The van der Waals surface area contributed by atoms with Crippen LogP contribution in [-0.2, 0) is 11.8 Å². The Morgan fingerprint density at radius 3 is 2.90 bits per heavy atom. The van der Waals surface area contributed by atoms with Crippen LogP contribution in [0, 0.1) is 19.8 Å². The van der Waals surface area contributed by atoms with Crippen LogP contribution in [-0.4, -0.2) is 33.8 Å². The Bertz CT molecular complexity index is 643. The Hall–Kier alpha value is -1.73. The number of carbonyl (C=O) groups is 1. The van der Waals surface area contributed by atoms with E-state index >= 15 is 0 Å². The summed E-state index contributed by atoms with van der Waals surface area (Å²) in [5.41, 5.74) is 2.08. The summed E-state index contributed by atoms with van der Waals surface area (Å²) in [5.74, 6) is 0.113. The van der Waals surface area contributed by atoms with Crippen molar-refractivity contribution >= 4 is 22.4 Å². The van der Waals surface area contributed by atoms with Crippen molar-refractivity contribution in [2.45, 2.75) is 19.8 Å². The van der Waals surface area contributed by atoms with Crippen molar-refractivity contribution in [1.29, 1.82) is 0 Å². The average molecular weight is 305 g/mol. The monoisotopic (exact) mass is 305 g/mol. The summed E-state index contributed by atoms with van der Waals surface area (Å²) in [5, 5.41) is 11.1. The summed E-state index contributed by atoms with van der Waals surface area (Å²) in [7, 11) is 1.89. The Morgan fingerprint density at radius 2 is 2.29 bits per heavy atom. The van der Waals surface area contributed by atoms with Gasteiger partial charge in [-0.1, -0.05) is 0 Å². The van der Waals surface area contributed by atoms with Gasteiger partial charge in [-0.25, -0.2) is 4.98 Å². The van der Waals surface area contributed by atoms with E-state index in [1.807, 2.05) is 33.3 Å². The molecule has 1 amide bonds. The van der Waals surface area contributed by atoms with Crippen LogP contribution in [0.1, 0.15) is 22.1 Å². The van der Waals surface area contributed by atoms with Crippen molar-refractivity contribution in [1.82, 2.24) is 20.1 Å². The largest absolute Gasteiger partial charge is 0.315 e. The van der Waals surface area contributed by atoms with E-state index in [1.54, 1.807) is 4.68 Å². The Morgan fingerprint density at radius 1 is 1.48 bits per heavy atom. The molecule has 0 aromatic carbocycles. The van der Waals surface area contributed by atoms with Gasteiger partial charge < -0.3 is 10.6 Å². The van der Waals surface area contributed by atoms with Crippen molar-refractivity contribution in [3.8, 4) is 0 Å². The summed E-state index contributed by atoms with van der Waals surface area (Å²) in [6.07, 6.45) is 3.82. The zero-order valence-corrected chi connectivity index (χ0v) is 13.2. The van der Waals surface area contributed by atoms with Gasteiger partial charge in [0, 0.05) is 37.1 Å². The first kappa shape index (κ1) is 14.2. The second-order valence-electron chi connectivity index (χ2n) is 5.47. The van der Waals surface area contributed by atoms with E-state index in [-0.39, 0.29) is 17.7 Å². The van der Waals surface area contributed by atoms with E-state index in [2.05, 4.69) is 20.7 Å². The average Bonchev–Trinajstić information content (AvgIpc) is 3.11. The number of nitrogens with zero attached hydrogens (tertiary/aromatic N) is 3. The lowest BCUT2D eigenvalue weighted by molar-refractivity contribution is -0.119. The molecule has 0 saturated carbocycles. The minimum absolute atomic E-state index is 0.0302. The zero-order chi connectivity index (χ0) is 15.0. The number of anilines is 1. The first-order chi connectivity index (χ1) is 10.0. The molecule has 3 rings (SSSR count). The Labute approximate surface area is 127 Å². The molecule has 112 valence electrons. The van der Waals surface area contributed by atoms with Gasteiger partial charge in [0.1, 0.15) is 0 Å². The van der Waals surface area contributed by atoms with Gasteiger partial charge in [-0.2, -0.15) is 5.10 Å². The molecule has 2 aromatic heterocycles. The number of carbonyl (C=O) groups excluding carboxylic acids is 1. The molecule has 1 aliphatic rings. The maximum atomic E-state index is 12.5. The van der Waals surface area contributed by atoms with Gasteiger partial charge in [0.15, 0.2) is 5.13 Å². The van der Waals surface area contributed by atoms with Crippen LogP contribution in [0.2, 0.25) is 0 Å². The topological polar surface area (TPSA) is 71.8 Å². The first-order valence-electron chi connectivity index (χ1n) is 6.98. The molecular formula is C14H19N5OS. The second kappa shape index (κ2) is 5.57. The maximum absolute atomic E-state index is 12.5. The highest BCUT2D eigenvalue weighted by molar-refractivity contribution is 7.15. The lowest BCUT2D eigenvalue weighted by Gasteiger charge is -2.15. The molecule has 1 aliphatic heterocycles. The van der Waals surface area contributed by atoms with Crippen molar-refractivity contribution in [3.05, 3.63) is 28.5 Å². The highest BCUT2D eigenvalue weighted by Crippen LogP contribution is 2.29. The van der Waals surface area contributed by atoms with Crippen molar-refractivity contribution in [2.24, 2.45) is 13.0 Å². The molecule has 2 atom stereocenters. The van der Waals surface area contributed by atoms with Gasteiger partial charge in [-0.3, -0.25) is 9.48 Å². The van der Waals surface area contributed by atoms with E-state index < -0.39 is 0 Å². The van der Waals surface area contributed by atoms with E-state index in [1.165, 1.54) is 11.3 Å². The molecule has 0 bridgehead atoms. The van der Waals surface area contributed by atoms with E-state index in [0.717, 1.165) is 22.7 Å². The van der Waals surface area contributed by atoms with Crippen LogP contribution in [0.3, 0.4) is 0 Å². The molecule has 2 aromatic rings. The summed E-state index contributed by atoms with van der Waals surface area (Å²) < 4.78 is 1.77. The van der Waals surface area contributed by atoms with E-state index in [9.17, 15) is 4.79 Å². The van der Waals surface area contributed by atoms with Gasteiger partial charge in [-0.15, -0.1) is 11.3 Å². The summed E-state index contributed by atoms with van der Waals surface area (Å²) in [6, 6.07) is 0. The highest BCUT2D eigenvalue weighted by Gasteiger charge is 2.35. The molecule has 0 spiro atoms. The third-order valence-electron chi connectivity index (χ3n) is 3.96. The number of aromatic nitrogens is 3. The van der Waals surface area contributed by atoms with E-state index in [0.29, 0.717) is 11.7 Å². The van der Waals surface area contributed by atoms with E-state index in [4.69, 9.17) is 0 Å². The molecule has 1 fully saturated rings. The molecule has 0 unspecified atom stereocenters. The van der Waals surface area contributed by atoms with Gasteiger partial charge in [0.25, 0.3) is 0 Å². The molecule has 0 aliphatic carbocycles. The highest BCUT2D eigenvalue weighted by atomic mass is 32.1. The maximum Gasteiger partial charge on any atom is 0.231 e. The number of nitrogens with one attached hydrogen (secondary N) is 2. The van der Waals surface area contributed by atoms with Crippen LogP contribution in [0.4, 0.5) is 5.13 Å². The summed E-state index contributed by atoms with van der Waals surface area (Å²) >= 11 is 1.52. The van der Waals surface area contributed by atoms with Gasteiger partial charge in [0.2, 0.25) is 5.91 Å². The minimum Gasteiger partial charge on any atom is -0.315 e. The fourth-order valence-electron chi connectivity index (χ4n) is 2.66. The smallest absolute Gasteiger partial charge is 0.231 e. The van der Waals surface area contributed by atoms with Crippen molar-refractivity contribution in [2.75, 3.05) is 18.4 Å². The third kappa shape index (κ3) is 2.84. The molecule has 2 N–H and O–H groups in total. The number of thiazole rings is 1. The van der Waals surface area contributed by atoms with Gasteiger partial charge in [-0.05, 0) is 19.4 Å². The number of aryl methyl sites for hydroxylation is 3. The van der Waals surface area contributed by atoms with Gasteiger partial charge in [0.05, 0.1) is 17.8 Å². The van der Waals surface area contributed by atoms with Crippen molar-refractivity contribution < 1.29 is 4.79 Å². The predicted molar refractivity (Wildman–Crippen MR) is 82.5 cm³/mol. The SMILES string of the molecule is Cc1nc(NC(=O)[C@H]2CNC[C@@H]2c2cnn(C)c2)sc1C. The molecule has 7 heteroatoms. The quantitative estimate of drug-likeness (QED) is 0.900. The lowest BCUT2D eigenvalue weighted by Crippen LogP contribution is -2.28. The van der Waals surface area contributed by atoms with Crippen LogP contribution in [0.25, 0.3) is 0 Å². The predicted octanol–water partition coefficient (Wildman–Crippen LogP) is 1.44. The number of hydrogen-bond acceptors (Lipinski definition) is 5. The molecule has 1 saturated heterocycles. The van der Waals surface area contributed by atoms with Crippen LogP contribution in [0.15, 0.2) is 12.4 Å². The Kier molecular flexibility index (Phi) is 3.77. The van der Waals surface area contributed by atoms with Crippen LogP contribution >= 0.6 is 11.3 Å². The number of rotatable bonds is 3. The first-order valence-corrected chi connectivity index (χ1v) is 7.80. The number of amides is 1. The van der Waals surface area contributed by atoms with Crippen LogP contribution < -0.4 is 10.6 Å². The molecule has 3 heterocycles. The second-order valence-corrected chi connectivity index (χ2v) is 6.67. The normalized spacial score (nSPS) is 21.7. The number of hydrogen-bond donors (Lipinski definition) is 2. The van der Waals surface area contributed by atoms with Gasteiger partial charge >= 0.3 is 0 Å². The zero-order valence-electron chi connectivity index (χ0n) is 12.4. The lowest BCUT2D eigenvalue weighted by atomic mass is 9.90. The minimum atomic E-state index is -0.0845. The Balaban J connectivity index is 1.74. The van der Waals surface area contributed by atoms with Crippen LogP contribution in [0.5, 0.6) is 0 Å². The summed E-state index contributed by atoms with van der Waals surface area (Å²) in [4.78, 5) is 18.0.